The molecule has 0 aromatic heterocycles. The lowest BCUT2D eigenvalue weighted by molar-refractivity contribution is -0.130. The van der Waals surface area contributed by atoms with Crippen LogP contribution in [0.25, 0.3) is 0 Å². The van der Waals surface area contributed by atoms with Gasteiger partial charge < -0.3 is 4.90 Å². The highest BCUT2D eigenvalue weighted by Gasteiger charge is 2.46. The van der Waals surface area contributed by atoms with Crippen molar-refractivity contribution in [2.24, 2.45) is 4.99 Å². The lowest BCUT2D eigenvalue weighted by Crippen LogP contribution is -2.61. The van der Waals surface area contributed by atoms with E-state index < -0.39 is 6.04 Å². The minimum atomic E-state index is -0.551. The first-order valence-corrected chi connectivity index (χ1v) is 4.76. The molecule has 1 atom stereocenters. The Bertz CT molecular complexity index is 405. The summed E-state index contributed by atoms with van der Waals surface area (Å²) in [6.45, 7) is 0. The first-order valence-electron chi connectivity index (χ1n) is 4.35. The highest BCUT2D eigenvalue weighted by Crippen LogP contribution is 2.20. The zero-order chi connectivity index (χ0) is 11.3. The molecule has 1 fully saturated rings. The zero-order valence-electron chi connectivity index (χ0n) is 8.59. The van der Waals surface area contributed by atoms with E-state index in [4.69, 9.17) is 12.2 Å². The average Bonchev–Trinajstić information content (AvgIpc) is 2.50. The predicted octanol–water partition coefficient (Wildman–Crippen LogP) is -0.492. The number of thiocarbonyl (C=S) groups is 1. The molecule has 6 nitrogen and oxygen atoms in total. The number of imide groups is 1. The number of fused-ring (bicyclic) bond motifs is 1. The smallest absolute Gasteiger partial charge is 0.331 e. The molecule has 0 radical (unpaired) electrons. The van der Waals surface area contributed by atoms with Crippen molar-refractivity contribution >= 4 is 35.1 Å². The lowest BCUT2D eigenvalue weighted by atomic mass is 10.2. The number of amides is 3. The van der Waals surface area contributed by atoms with Crippen molar-refractivity contribution in [3.8, 4) is 0 Å². The molecule has 2 heterocycles. The molecule has 0 N–H and O–H groups in total. The Balaban J connectivity index is 2.47. The summed E-state index contributed by atoms with van der Waals surface area (Å²) < 4.78 is 0. The molecule has 0 aliphatic carbocycles. The van der Waals surface area contributed by atoms with Crippen LogP contribution in [0, 0.1) is 0 Å². The van der Waals surface area contributed by atoms with E-state index in [0.29, 0.717) is 10.9 Å². The lowest BCUT2D eigenvalue weighted by Gasteiger charge is -2.35. The van der Waals surface area contributed by atoms with Gasteiger partial charge in [-0.25, -0.2) is 9.79 Å². The number of carbonyl (C=O) groups excluding carboxylic acids is 2. The summed E-state index contributed by atoms with van der Waals surface area (Å²) in [6.07, 6.45) is 0. The summed E-state index contributed by atoms with van der Waals surface area (Å²) in [5, 5.41) is 0.332. The number of carbonyl (C=O) groups is 2. The third-order valence-electron chi connectivity index (χ3n) is 2.63. The van der Waals surface area contributed by atoms with E-state index in [-0.39, 0.29) is 11.9 Å². The van der Waals surface area contributed by atoms with Gasteiger partial charge >= 0.3 is 6.03 Å². The van der Waals surface area contributed by atoms with Gasteiger partial charge in [0.25, 0.3) is 5.91 Å². The van der Waals surface area contributed by atoms with E-state index in [1.54, 1.807) is 19.0 Å². The van der Waals surface area contributed by atoms with Crippen molar-refractivity contribution in [2.45, 2.75) is 6.04 Å². The van der Waals surface area contributed by atoms with E-state index in [1.165, 1.54) is 11.9 Å². The molecule has 0 aromatic rings. The van der Waals surface area contributed by atoms with Crippen LogP contribution in [0.15, 0.2) is 4.99 Å². The van der Waals surface area contributed by atoms with Gasteiger partial charge in [-0.15, -0.1) is 0 Å². The molecule has 2 aliphatic heterocycles. The molecule has 15 heavy (non-hydrogen) atoms. The van der Waals surface area contributed by atoms with E-state index in [2.05, 4.69) is 4.99 Å². The van der Waals surface area contributed by atoms with Gasteiger partial charge in [0.05, 0.1) is 0 Å². The molecule has 2 rings (SSSR count). The molecule has 1 unspecified atom stereocenters. The predicted molar refractivity (Wildman–Crippen MR) is 57.5 cm³/mol. The maximum absolute atomic E-state index is 11.8. The van der Waals surface area contributed by atoms with Gasteiger partial charge in [0.15, 0.2) is 11.2 Å². The summed E-state index contributed by atoms with van der Waals surface area (Å²) >= 11 is 4.97. The Kier molecular flexibility index (Phi) is 2.00. The van der Waals surface area contributed by atoms with Crippen LogP contribution < -0.4 is 0 Å². The third kappa shape index (κ3) is 1.16. The Hall–Kier alpha value is -1.50. The van der Waals surface area contributed by atoms with Crippen LogP contribution in [-0.2, 0) is 4.79 Å². The highest BCUT2D eigenvalue weighted by atomic mass is 32.1. The van der Waals surface area contributed by atoms with E-state index in [9.17, 15) is 9.59 Å². The fourth-order valence-electron chi connectivity index (χ4n) is 1.66. The molecule has 2 aliphatic rings. The second-order valence-electron chi connectivity index (χ2n) is 3.50. The van der Waals surface area contributed by atoms with Crippen LogP contribution in [0.2, 0.25) is 0 Å². The molecule has 3 amide bonds. The number of likely N-dealkylation sites (N-methyl/N-ethyl adjacent to an activating group) is 3. The number of urea groups is 1. The molecule has 0 saturated carbocycles. The summed E-state index contributed by atoms with van der Waals surface area (Å²) in [7, 11) is 4.73. The normalized spacial score (nSPS) is 26.1. The van der Waals surface area contributed by atoms with Crippen molar-refractivity contribution in [1.29, 1.82) is 0 Å². The van der Waals surface area contributed by atoms with Crippen LogP contribution in [0.1, 0.15) is 0 Å². The minimum absolute atomic E-state index is 0.292. The Morgan fingerprint density at radius 2 is 1.80 bits per heavy atom. The summed E-state index contributed by atoms with van der Waals surface area (Å²) in [5.41, 5.74) is 0. The monoisotopic (exact) mass is 226 g/mol. The number of hydrogen-bond donors (Lipinski definition) is 0. The first-order chi connectivity index (χ1) is 6.95. The largest absolute Gasteiger partial charge is 0.332 e. The highest BCUT2D eigenvalue weighted by molar-refractivity contribution is 7.80. The number of hydrogen-bond acceptors (Lipinski definition) is 3. The molecule has 80 valence electrons. The van der Waals surface area contributed by atoms with Crippen LogP contribution >= 0.6 is 12.2 Å². The minimum Gasteiger partial charge on any atom is -0.332 e. The quantitative estimate of drug-likeness (QED) is 0.523. The topological polar surface area (TPSA) is 56.2 Å². The fraction of sp³-hybridized carbons (Fsp3) is 0.500. The standard InChI is InChI=1S/C8H10N4O2S/c1-10-4-5(9-7(10)15)11(2)8(14)12(3)6(4)13/h4H,1-3H3. The molecule has 0 aromatic carbocycles. The van der Waals surface area contributed by atoms with E-state index >= 15 is 0 Å². The SMILES string of the molecule is CN1C(=O)C2C(=NC(=S)N2C)N(C)C1=O. The Morgan fingerprint density at radius 1 is 1.20 bits per heavy atom. The second kappa shape index (κ2) is 2.99. The van der Waals surface area contributed by atoms with Crippen LogP contribution in [-0.4, -0.2) is 64.8 Å². The second-order valence-corrected chi connectivity index (χ2v) is 3.87. The van der Waals surface area contributed by atoms with Crippen molar-refractivity contribution in [3.63, 3.8) is 0 Å². The van der Waals surface area contributed by atoms with Gasteiger partial charge in [-0.1, -0.05) is 0 Å². The maximum atomic E-state index is 11.8. The summed E-state index contributed by atoms with van der Waals surface area (Å²) in [5.74, 6) is 0.120. The molecule has 0 bridgehead atoms. The summed E-state index contributed by atoms with van der Waals surface area (Å²) in [4.78, 5) is 31.5. The maximum Gasteiger partial charge on any atom is 0.331 e. The first kappa shape index (κ1) is 10.0. The number of amidine groups is 1. The molecule has 7 heteroatoms. The van der Waals surface area contributed by atoms with Gasteiger partial charge in [-0.2, -0.15) is 0 Å². The van der Waals surface area contributed by atoms with Crippen LogP contribution in [0.4, 0.5) is 4.79 Å². The Morgan fingerprint density at radius 3 is 2.40 bits per heavy atom. The van der Waals surface area contributed by atoms with Gasteiger partial charge in [0.2, 0.25) is 0 Å². The number of nitrogens with zero attached hydrogens (tertiary/aromatic N) is 4. The van der Waals surface area contributed by atoms with Crippen molar-refractivity contribution in [2.75, 3.05) is 21.1 Å². The van der Waals surface area contributed by atoms with Crippen LogP contribution in [0.5, 0.6) is 0 Å². The van der Waals surface area contributed by atoms with Gasteiger partial charge in [-0.3, -0.25) is 14.6 Å². The third-order valence-corrected chi connectivity index (χ3v) is 3.01. The number of rotatable bonds is 0. The summed E-state index contributed by atoms with van der Waals surface area (Å²) in [6, 6.07) is -0.932. The molecule has 1 saturated heterocycles. The molecule has 0 spiro atoms. The van der Waals surface area contributed by atoms with Crippen molar-refractivity contribution < 1.29 is 9.59 Å². The fourth-order valence-corrected chi connectivity index (χ4v) is 1.86. The van der Waals surface area contributed by atoms with E-state index in [1.807, 2.05) is 0 Å². The number of aliphatic imine (C=N–C) groups is 1. The Labute approximate surface area is 92.1 Å². The van der Waals surface area contributed by atoms with Crippen molar-refractivity contribution in [3.05, 3.63) is 0 Å². The van der Waals surface area contributed by atoms with Gasteiger partial charge in [0, 0.05) is 21.1 Å². The molecular weight excluding hydrogens is 216 g/mol. The van der Waals surface area contributed by atoms with Gasteiger partial charge in [-0.05, 0) is 12.2 Å². The van der Waals surface area contributed by atoms with E-state index in [0.717, 1.165) is 4.90 Å². The van der Waals surface area contributed by atoms with Crippen molar-refractivity contribution in [1.82, 2.24) is 14.7 Å². The molecular formula is C8H10N4O2S. The zero-order valence-corrected chi connectivity index (χ0v) is 9.41. The average molecular weight is 226 g/mol. The van der Waals surface area contributed by atoms with Gasteiger partial charge in [0.1, 0.15) is 5.84 Å². The van der Waals surface area contributed by atoms with Crippen LogP contribution in [0.3, 0.4) is 0 Å².